The first-order chi connectivity index (χ1) is 7.72. The standard InChI is InChI=1S/C13H18BrNO/c1-3-15(4-2)12-8-7-11(6-5-9-14)13(16)10-12/h5-8,10,16H,3-4,9H2,1-2H3. The number of hydrogen-bond donors (Lipinski definition) is 1. The van der Waals surface area contributed by atoms with Crippen LogP contribution in [-0.4, -0.2) is 23.5 Å². The maximum atomic E-state index is 9.86. The summed E-state index contributed by atoms with van der Waals surface area (Å²) in [5.74, 6) is 0.335. The number of aromatic hydroxyl groups is 1. The lowest BCUT2D eigenvalue weighted by Gasteiger charge is -2.21. The highest BCUT2D eigenvalue weighted by atomic mass is 79.9. The molecule has 1 aromatic rings. The molecule has 0 spiro atoms. The van der Waals surface area contributed by atoms with Gasteiger partial charge in [-0.1, -0.05) is 28.1 Å². The quantitative estimate of drug-likeness (QED) is 0.834. The van der Waals surface area contributed by atoms with Gasteiger partial charge in [-0.15, -0.1) is 0 Å². The van der Waals surface area contributed by atoms with E-state index in [-0.39, 0.29) is 0 Å². The lowest BCUT2D eigenvalue weighted by atomic mass is 10.1. The Bertz CT molecular complexity index is 359. The topological polar surface area (TPSA) is 23.5 Å². The van der Waals surface area contributed by atoms with Crippen LogP contribution < -0.4 is 4.90 Å². The minimum atomic E-state index is 0.335. The van der Waals surface area contributed by atoms with Crippen molar-refractivity contribution in [1.82, 2.24) is 0 Å². The van der Waals surface area contributed by atoms with E-state index in [2.05, 4.69) is 34.7 Å². The number of allylic oxidation sites excluding steroid dienone is 1. The van der Waals surface area contributed by atoms with Crippen LogP contribution in [0.15, 0.2) is 24.3 Å². The van der Waals surface area contributed by atoms with Gasteiger partial charge in [-0.05, 0) is 26.0 Å². The van der Waals surface area contributed by atoms with Crippen LogP contribution in [0.2, 0.25) is 0 Å². The molecule has 0 bridgehead atoms. The fourth-order valence-electron chi connectivity index (χ4n) is 1.63. The first kappa shape index (κ1) is 13.1. The van der Waals surface area contributed by atoms with Gasteiger partial charge < -0.3 is 10.0 Å². The van der Waals surface area contributed by atoms with Gasteiger partial charge in [-0.3, -0.25) is 0 Å². The third kappa shape index (κ3) is 3.27. The zero-order chi connectivity index (χ0) is 12.0. The molecule has 88 valence electrons. The van der Waals surface area contributed by atoms with Gasteiger partial charge in [0.2, 0.25) is 0 Å². The number of alkyl halides is 1. The Kier molecular flexibility index (Phi) is 5.39. The molecule has 1 rings (SSSR count). The molecule has 0 aromatic heterocycles. The van der Waals surface area contributed by atoms with Crippen molar-refractivity contribution in [3.63, 3.8) is 0 Å². The second-order valence-electron chi connectivity index (χ2n) is 3.47. The molecule has 1 N–H and O–H groups in total. The molecular weight excluding hydrogens is 266 g/mol. The highest BCUT2D eigenvalue weighted by molar-refractivity contribution is 9.09. The smallest absolute Gasteiger partial charge is 0.124 e. The van der Waals surface area contributed by atoms with Crippen molar-refractivity contribution in [2.75, 3.05) is 23.3 Å². The number of rotatable bonds is 5. The first-order valence-electron chi connectivity index (χ1n) is 5.53. The summed E-state index contributed by atoms with van der Waals surface area (Å²) < 4.78 is 0. The van der Waals surface area contributed by atoms with Crippen molar-refractivity contribution in [2.24, 2.45) is 0 Å². The lowest BCUT2D eigenvalue weighted by molar-refractivity contribution is 0.474. The minimum Gasteiger partial charge on any atom is -0.507 e. The van der Waals surface area contributed by atoms with E-state index in [0.29, 0.717) is 5.75 Å². The number of halogens is 1. The number of benzene rings is 1. The number of phenolic OH excluding ortho intramolecular Hbond substituents is 1. The van der Waals surface area contributed by atoms with Gasteiger partial charge >= 0.3 is 0 Å². The summed E-state index contributed by atoms with van der Waals surface area (Å²) in [5.41, 5.74) is 1.92. The average Bonchev–Trinajstić information content (AvgIpc) is 2.29. The van der Waals surface area contributed by atoms with Gasteiger partial charge in [0.15, 0.2) is 0 Å². The van der Waals surface area contributed by atoms with E-state index in [4.69, 9.17) is 0 Å². The van der Waals surface area contributed by atoms with Crippen LogP contribution >= 0.6 is 15.9 Å². The van der Waals surface area contributed by atoms with Crippen LogP contribution in [0.5, 0.6) is 5.75 Å². The molecule has 0 aliphatic carbocycles. The predicted molar refractivity (Wildman–Crippen MR) is 74.5 cm³/mol. The van der Waals surface area contributed by atoms with Crippen molar-refractivity contribution >= 4 is 27.7 Å². The molecule has 0 unspecified atom stereocenters. The summed E-state index contributed by atoms with van der Waals surface area (Å²) in [6.07, 6.45) is 3.88. The molecule has 0 atom stereocenters. The normalized spacial score (nSPS) is 10.9. The Morgan fingerprint density at radius 1 is 1.31 bits per heavy atom. The maximum Gasteiger partial charge on any atom is 0.124 e. The Morgan fingerprint density at radius 3 is 2.50 bits per heavy atom. The number of nitrogens with zero attached hydrogens (tertiary/aromatic N) is 1. The third-order valence-electron chi connectivity index (χ3n) is 2.53. The molecule has 0 heterocycles. The van der Waals surface area contributed by atoms with Gasteiger partial charge in [-0.2, -0.15) is 0 Å². The van der Waals surface area contributed by atoms with Crippen LogP contribution in [0.1, 0.15) is 19.4 Å². The summed E-state index contributed by atoms with van der Waals surface area (Å²) >= 11 is 3.31. The molecule has 3 heteroatoms. The summed E-state index contributed by atoms with van der Waals surface area (Å²) in [6, 6.07) is 5.81. The molecule has 0 saturated heterocycles. The van der Waals surface area contributed by atoms with Gasteiger partial charge in [0, 0.05) is 35.7 Å². The minimum absolute atomic E-state index is 0.335. The SMILES string of the molecule is CCN(CC)c1ccc(C=CCBr)c(O)c1. The molecule has 1 aromatic carbocycles. The van der Waals surface area contributed by atoms with Crippen LogP contribution in [0.4, 0.5) is 5.69 Å². The fourth-order valence-corrected chi connectivity index (χ4v) is 1.82. The van der Waals surface area contributed by atoms with Crippen LogP contribution in [0.3, 0.4) is 0 Å². The van der Waals surface area contributed by atoms with Gasteiger partial charge in [0.25, 0.3) is 0 Å². The molecule has 16 heavy (non-hydrogen) atoms. The van der Waals surface area contributed by atoms with E-state index in [0.717, 1.165) is 29.7 Å². The summed E-state index contributed by atoms with van der Waals surface area (Å²) in [4.78, 5) is 2.21. The highest BCUT2D eigenvalue weighted by Gasteiger charge is 2.04. The Balaban J connectivity index is 2.94. The monoisotopic (exact) mass is 283 g/mol. The molecule has 0 fully saturated rings. The molecule has 0 saturated carbocycles. The lowest BCUT2D eigenvalue weighted by Crippen LogP contribution is -2.21. The van der Waals surface area contributed by atoms with Crippen LogP contribution in [0, 0.1) is 0 Å². The van der Waals surface area contributed by atoms with E-state index in [9.17, 15) is 5.11 Å². The van der Waals surface area contributed by atoms with Crippen LogP contribution in [-0.2, 0) is 0 Å². The molecule has 0 amide bonds. The maximum absolute atomic E-state index is 9.86. The van der Waals surface area contributed by atoms with Crippen molar-refractivity contribution in [3.8, 4) is 5.75 Å². The number of hydrogen-bond acceptors (Lipinski definition) is 2. The highest BCUT2D eigenvalue weighted by Crippen LogP contribution is 2.25. The predicted octanol–water partition coefficient (Wildman–Crippen LogP) is 3.65. The van der Waals surface area contributed by atoms with E-state index in [1.807, 2.05) is 30.4 Å². The summed E-state index contributed by atoms with van der Waals surface area (Å²) in [5, 5.41) is 10.7. The second kappa shape index (κ2) is 6.59. The van der Waals surface area contributed by atoms with Gasteiger partial charge in [0.05, 0.1) is 0 Å². The van der Waals surface area contributed by atoms with Crippen molar-refractivity contribution in [2.45, 2.75) is 13.8 Å². The van der Waals surface area contributed by atoms with Crippen molar-refractivity contribution in [3.05, 3.63) is 29.8 Å². The van der Waals surface area contributed by atoms with Gasteiger partial charge in [-0.25, -0.2) is 0 Å². The van der Waals surface area contributed by atoms with E-state index < -0.39 is 0 Å². The van der Waals surface area contributed by atoms with Crippen molar-refractivity contribution in [1.29, 1.82) is 0 Å². The number of anilines is 1. The third-order valence-corrected chi connectivity index (χ3v) is 2.90. The Hall–Kier alpha value is -0.960. The summed E-state index contributed by atoms with van der Waals surface area (Å²) in [6.45, 7) is 6.12. The summed E-state index contributed by atoms with van der Waals surface area (Å²) in [7, 11) is 0. The fraction of sp³-hybridized carbons (Fsp3) is 0.385. The average molecular weight is 284 g/mol. The largest absolute Gasteiger partial charge is 0.507 e. The van der Waals surface area contributed by atoms with Crippen LogP contribution in [0.25, 0.3) is 6.08 Å². The Morgan fingerprint density at radius 2 is 2.00 bits per heavy atom. The molecule has 0 aliphatic rings. The zero-order valence-corrected chi connectivity index (χ0v) is 11.4. The molecule has 2 nitrogen and oxygen atoms in total. The number of phenols is 1. The molecule has 0 radical (unpaired) electrons. The first-order valence-corrected chi connectivity index (χ1v) is 6.65. The van der Waals surface area contributed by atoms with E-state index in [1.54, 1.807) is 0 Å². The second-order valence-corrected chi connectivity index (χ2v) is 4.12. The molecule has 0 aliphatic heterocycles. The Labute approximate surface area is 106 Å². The van der Waals surface area contributed by atoms with E-state index >= 15 is 0 Å². The van der Waals surface area contributed by atoms with Crippen molar-refractivity contribution < 1.29 is 5.11 Å². The molecular formula is C13H18BrNO. The zero-order valence-electron chi connectivity index (χ0n) is 9.78. The van der Waals surface area contributed by atoms with Gasteiger partial charge in [0.1, 0.15) is 5.75 Å². The van der Waals surface area contributed by atoms with E-state index in [1.165, 1.54) is 0 Å².